The highest BCUT2D eigenvalue weighted by molar-refractivity contribution is 5.74. The molecule has 0 bridgehead atoms. The number of rotatable bonds is 45. The van der Waals surface area contributed by atoms with Crippen LogP contribution in [0.15, 0.2) is 109 Å². The van der Waals surface area contributed by atoms with Crippen molar-refractivity contribution in [3.8, 4) is 0 Å². The molecule has 0 aromatic carbocycles. The smallest absolute Gasteiger partial charge is 0.335 e. The van der Waals surface area contributed by atoms with Gasteiger partial charge in [-0.1, -0.05) is 182 Å². The van der Waals surface area contributed by atoms with Crippen LogP contribution >= 0.6 is 0 Å². The molecule has 0 aromatic rings. The second-order valence-corrected chi connectivity index (χ2v) is 18.4. The maximum absolute atomic E-state index is 13.1. The number of carbonyl (C=O) groups is 4. The zero-order valence-electron chi connectivity index (χ0n) is 45.1. The van der Waals surface area contributed by atoms with Crippen molar-refractivity contribution in [2.24, 2.45) is 0 Å². The summed E-state index contributed by atoms with van der Waals surface area (Å²) in [7, 11) is 0. The van der Waals surface area contributed by atoms with Gasteiger partial charge in [0.2, 0.25) is 0 Å². The maximum Gasteiger partial charge on any atom is 0.335 e. The number of carboxylic acids is 1. The van der Waals surface area contributed by atoms with Gasteiger partial charge in [-0.3, -0.25) is 14.4 Å². The van der Waals surface area contributed by atoms with Crippen molar-refractivity contribution in [2.45, 2.75) is 237 Å². The molecule has 0 aromatic heterocycles. The zero-order chi connectivity index (χ0) is 53.3. The lowest BCUT2D eigenvalue weighted by molar-refractivity contribution is -0.301. The number of aliphatic carboxylic acids is 1. The molecule has 0 amide bonds. The highest BCUT2D eigenvalue weighted by Gasteiger charge is 2.50. The van der Waals surface area contributed by atoms with Crippen LogP contribution in [0.2, 0.25) is 0 Å². The molecule has 412 valence electrons. The van der Waals surface area contributed by atoms with Crippen molar-refractivity contribution in [2.75, 3.05) is 13.2 Å². The summed E-state index contributed by atoms with van der Waals surface area (Å²) in [6, 6.07) is 0. The van der Waals surface area contributed by atoms with E-state index >= 15 is 0 Å². The number of carboxylic acid groups (broad SMARTS) is 1. The lowest BCUT2D eigenvalue weighted by atomic mass is 9.98. The maximum atomic E-state index is 13.1. The van der Waals surface area contributed by atoms with E-state index in [-0.39, 0.29) is 25.9 Å². The first-order valence-corrected chi connectivity index (χ1v) is 27.9. The van der Waals surface area contributed by atoms with Crippen LogP contribution in [0.25, 0.3) is 0 Å². The highest BCUT2D eigenvalue weighted by atomic mass is 16.7. The lowest BCUT2D eigenvalue weighted by Gasteiger charge is -2.40. The van der Waals surface area contributed by atoms with E-state index in [4.69, 9.17) is 23.7 Å². The van der Waals surface area contributed by atoms with Gasteiger partial charge in [-0.05, 0) is 109 Å². The molecule has 3 N–H and O–H groups in total. The molecule has 12 heteroatoms. The van der Waals surface area contributed by atoms with Gasteiger partial charge >= 0.3 is 23.9 Å². The van der Waals surface area contributed by atoms with E-state index in [0.29, 0.717) is 25.7 Å². The van der Waals surface area contributed by atoms with E-state index < -0.39 is 67.3 Å². The largest absolute Gasteiger partial charge is 0.479 e. The molecule has 6 unspecified atom stereocenters. The number of hydrogen-bond donors (Lipinski definition) is 3. The molecule has 12 nitrogen and oxygen atoms in total. The third-order valence-corrected chi connectivity index (χ3v) is 11.8. The fourth-order valence-corrected chi connectivity index (χ4v) is 7.60. The van der Waals surface area contributed by atoms with Gasteiger partial charge in [-0.2, -0.15) is 0 Å². The Balaban J connectivity index is 2.77. The Morgan fingerprint density at radius 1 is 0.466 bits per heavy atom. The Morgan fingerprint density at radius 3 is 1.38 bits per heavy atom. The third kappa shape index (κ3) is 38.6. The van der Waals surface area contributed by atoms with Gasteiger partial charge in [0, 0.05) is 19.3 Å². The number of allylic oxidation sites excluding steroid dienone is 18. The van der Waals surface area contributed by atoms with Gasteiger partial charge in [-0.15, -0.1) is 0 Å². The molecule has 6 atom stereocenters. The minimum atomic E-state index is -1.93. The fourth-order valence-electron chi connectivity index (χ4n) is 7.60. The van der Waals surface area contributed by atoms with Crippen molar-refractivity contribution < 1.29 is 58.2 Å². The van der Waals surface area contributed by atoms with Crippen LogP contribution in [0.1, 0.15) is 201 Å². The predicted molar refractivity (Wildman–Crippen MR) is 294 cm³/mol. The molecule has 0 saturated carbocycles. The second-order valence-electron chi connectivity index (χ2n) is 18.4. The Labute approximate surface area is 440 Å². The minimum Gasteiger partial charge on any atom is -0.479 e. The average Bonchev–Trinajstić information content (AvgIpc) is 3.37. The summed E-state index contributed by atoms with van der Waals surface area (Å²) in [6.45, 7) is 5.62. The molecule has 0 spiro atoms. The summed E-state index contributed by atoms with van der Waals surface area (Å²) < 4.78 is 28.2. The molecule has 1 fully saturated rings. The monoisotopic (exact) mass is 1020 g/mol. The molecule has 1 aliphatic heterocycles. The van der Waals surface area contributed by atoms with Crippen LogP contribution < -0.4 is 0 Å². The van der Waals surface area contributed by atoms with Gasteiger partial charge in [-0.25, -0.2) is 4.79 Å². The lowest BCUT2D eigenvalue weighted by Crippen LogP contribution is -2.61. The van der Waals surface area contributed by atoms with Gasteiger partial charge < -0.3 is 39.0 Å². The summed E-state index contributed by atoms with van der Waals surface area (Å²) in [4.78, 5) is 50.9. The van der Waals surface area contributed by atoms with Gasteiger partial charge in [0.1, 0.15) is 18.8 Å². The molecule has 73 heavy (non-hydrogen) atoms. The molecular formula is C61H96O12. The van der Waals surface area contributed by atoms with E-state index in [1.807, 2.05) is 12.2 Å². The number of esters is 3. The van der Waals surface area contributed by atoms with Crippen molar-refractivity contribution in [3.05, 3.63) is 109 Å². The zero-order valence-corrected chi connectivity index (χ0v) is 45.1. The van der Waals surface area contributed by atoms with Crippen molar-refractivity contribution in [3.63, 3.8) is 0 Å². The fraction of sp³-hybridized carbons (Fsp3) is 0.639. The van der Waals surface area contributed by atoms with Crippen LogP contribution in [0.4, 0.5) is 0 Å². The number of aliphatic hydroxyl groups excluding tert-OH is 2. The summed E-state index contributed by atoms with van der Waals surface area (Å²) in [5.74, 6) is -3.30. The van der Waals surface area contributed by atoms with Crippen LogP contribution in [0.3, 0.4) is 0 Å². The van der Waals surface area contributed by atoms with E-state index in [2.05, 4.69) is 118 Å². The predicted octanol–water partition coefficient (Wildman–Crippen LogP) is 13.9. The van der Waals surface area contributed by atoms with Crippen molar-refractivity contribution in [1.29, 1.82) is 0 Å². The molecule has 1 heterocycles. The van der Waals surface area contributed by atoms with Gasteiger partial charge in [0.05, 0.1) is 6.61 Å². The molecule has 0 aliphatic carbocycles. The molecular weight excluding hydrogens is 925 g/mol. The minimum absolute atomic E-state index is 0.0111. The summed E-state index contributed by atoms with van der Waals surface area (Å²) in [5.41, 5.74) is 0. The molecule has 1 saturated heterocycles. The Bertz CT molecular complexity index is 1690. The topological polar surface area (TPSA) is 175 Å². The van der Waals surface area contributed by atoms with Gasteiger partial charge in [0.15, 0.2) is 24.6 Å². The molecule has 1 aliphatic rings. The number of ether oxygens (including phenoxy) is 5. The first-order chi connectivity index (χ1) is 35.6. The summed E-state index contributed by atoms with van der Waals surface area (Å²) >= 11 is 0. The number of unbranched alkanes of at least 4 members (excludes halogenated alkanes) is 13. The summed E-state index contributed by atoms with van der Waals surface area (Å²) in [5, 5.41) is 31.4. The van der Waals surface area contributed by atoms with E-state index in [1.54, 1.807) is 0 Å². The second kappa shape index (κ2) is 48.3. The first kappa shape index (κ1) is 66.4. The highest BCUT2D eigenvalue weighted by Crippen LogP contribution is 2.26. The standard InChI is InChI=1S/C61H96O12/c1-4-7-10-13-16-19-22-25-26-27-28-31-32-35-38-41-44-47-53(62)69-50-52(71-54(63)48-45-42-39-36-33-29-23-20-17-14-11-8-5-2)51-70-61-59(57(66)56(65)58(73-61)60(67)68)72-55(64)49-46-43-40-37-34-30-24-21-18-15-12-9-6-3/h8-9,11-12,16-21,25-26,29-30,33-34,39,42,52,56-59,61,65-66H,4-7,10,13-15,22-24,27-28,31-32,35-38,40-41,43-51H2,1-3H3,(H,67,68)/b11-8-,12-9-,19-16-,20-17-,21-18-,26-25-,33-29-,34-30-,42-39-. The van der Waals surface area contributed by atoms with Crippen LogP contribution in [-0.2, 0) is 42.9 Å². The van der Waals surface area contributed by atoms with Crippen LogP contribution in [-0.4, -0.2) is 89.2 Å². The number of carbonyl (C=O) groups excluding carboxylic acids is 3. The van der Waals surface area contributed by atoms with E-state index in [0.717, 1.165) is 96.3 Å². The number of aliphatic hydroxyl groups is 2. The Kier molecular flexibility index (Phi) is 44.0. The van der Waals surface area contributed by atoms with E-state index in [9.17, 15) is 34.5 Å². The van der Waals surface area contributed by atoms with Gasteiger partial charge in [0.25, 0.3) is 0 Å². The van der Waals surface area contributed by atoms with E-state index in [1.165, 1.54) is 38.5 Å². The quantitative estimate of drug-likeness (QED) is 0.0228. The van der Waals surface area contributed by atoms with Crippen LogP contribution in [0.5, 0.6) is 0 Å². The molecule has 1 rings (SSSR count). The van der Waals surface area contributed by atoms with Crippen molar-refractivity contribution >= 4 is 23.9 Å². The SMILES string of the molecule is CC/C=C\C/C=C\C/C=C\C/C=C\CCC(=O)OC(COC(=O)CCCCCCCCC/C=C\C/C=C\CCCCC)COC1OC(C(=O)O)C(O)C(O)C1OC(=O)CCCCC/C=C\C/C=C\C/C=C\CC. The Hall–Kier alpha value is -4.62. The van der Waals surface area contributed by atoms with Crippen LogP contribution in [0, 0.1) is 0 Å². The third-order valence-electron chi connectivity index (χ3n) is 11.8. The van der Waals surface area contributed by atoms with Crippen molar-refractivity contribution in [1.82, 2.24) is 0 Å². The first-order valence-electron chi connectivity index (χ1n) is 27.9. The summed E-state index contributed by atoms with van der Waals surface area (Å²) in [6.07, 6.45) is 52.3. The molecule has 0 radical (unpaired) electrons. The Morgan fingerprint density at radius 2 is 0.890 bits per heavy atom. The number of hydrogen-bond acceptors (Lipinski definition) is 11. The normalized spacial score (nSPS) is 19.2. The average molecular weight is 1020 g/mol.